The standard InChI is InChI=1S/C18H35O7PS/c1-11(2)20-9-17-16(8-14(6)23-17)25-26(19,27)21-10-18-15(22-12(3)4)7-13(5)24-18/h11-18H,7-10H2,1-6H3,(H,19,27)/t13-,14-,15+,16+,17+,18+,26?/m0/s1. The van der Waals surface area contributed by atoms with Gasteiger partial charge in [-0.05, 0) is 53.3 Å². The summed E-state index contributed by atoms with van der Waals surface area (Å²) < 4.78 is 34.6. The number of hydrogen-bond acceptors (Lipinski definition) is 7. The monoisotopic (exact) mass is 426 g/mol. The van der Waals surface area contributed by atoms with E-state index in [2.05, 4.69) is 0 Å². The smallest absolute Gasteiger partial charge is 0.324 e. The molecule has 2 aliphatic heterocycles. The molecule has 1 N–H and O–H groups in total. The molecule has 27 heavy (non-hydrogen) atoms. The molecule has 2 rings (SSSR count). The third-order valence-electron chi connectivity index (χ3n) is 4.48. The molecule has 2 saturated heterocycles. The van der Waals surface area contributed by atoms with Crippen LogP contribution in [0.1, 0.15) is 54.4 Å². The van der Waals surface area contributed by atoms with E-state index < -0.39 is 6.72 Å². The Morgan fingerprint density at radius 2 is 1.52 bits per heavy atom. The van der Waals surface area contributed by atoms with Gasteiger partial charge in [-0.25, -0.2) is 0 Å². The first kappa shape index (κ1) is 23.6. The summed E-state index contributed by atoms with van der Waals surface area (Å²) in [6, 6.07) is 0. The van der Waals surface area contributed by atoms with Crippen molar-refractivity contribution in [1.29, 1.82) is 0 Å². The second kappa shape index (κ2) is 10.4. The molecule has 7 nitrogen and oxygen atoms in total. The quantitative estimate of drug-likeness (QED) is 0.534. The van der Waals surface area contributed by atoms with Gasteiger partial charge in [0.2, 0.25) is 0 Å². The van der Waals surface area contributed by atoms with Crippen molar-refractivity contribution in [2.75, 3.05) is 13.2 Å². The Morgan fingerprint density at radius 3 is 2.07 bits per heavy atom. The fourth-order valence-corrected chi connectivity index (χ4v) is 4.87. The van der Waals surface area contributed by atoms with Crippen molar-refractivity contribution < 1.29 is 32.9 Å². The summed E-state index contributed by atoms with van der Waals surface area (Å²) in [5.41, 5.74) is 0. The molecule has 160 valence electrons. The van der Waals surface area contributed by atoms with Gasteiger partial charge >= 0.3 is 6.72 Å². The van der Waals surface area contributed by atoms with E-state index >= 15 is 0 Å². The molecule has 0 aromatic rings. The van der Waals surface area contributed by atoms with Crippen molar-refractivity contribution in [3.05, 3.63) is 0 Å². The fourth-order valence-electron chi connectivity index (χ4n) is 3.39. The topological polar surface area (TPSA) is 75.6 Å². The molecule has 2 fully saturated rings. The first-order valence-electron chi connectivity index (χ1n) is 9.79. The van der Waals surface area contributed by atoms with Crippen molar-refractivity contribution in [2.45, 2.75) is 103 Å². The van der Waals surface area contributed by atoms with Gasteiger partial charge in [0, 0.05) is 12.8 Å². The van der Waals surface area contributed by atoms with E-state index in [0.717, 1.165) is 6.42 Å². The minimum atomic E-state index is -3.42. The van der Waals surface area contributed by atoms with Gasteiger partial charge in [-0.3, -0.25) is 0 Å². The van der Waals surface area contributed by atoms with E-state index in [1.54, 1.807) is 0 Å². The fraction of sp³-hybridized carbons (Fsp3) is 1.00. The summed E-state index contributed by atoms with van der Waals surface area (Å²) in [5.74, 6) is 0. The van der Waals surface area contributed by atoms with Crippen LogP contribution in [0, 0.1) is 0 Å². The molecule has 0 amide bonds. The maximum Gasteiger partial charge on any atom is 0.324 e. The molecule has 0 spiro atoms. The highest BCUT2D eigenvalue weighted by atomic mass is 32.5. The summed E-state index contributed by atoms with van der Waals surface area (Å²) in [6.07, 6.45) is 0.790. The highest BCUT2D eigenvalue weighted by molar-refractivity contribution is 8.07. The minimum absolute atomic E-state index is 0.0219. The van der Waals surface area contributed by atoms with E-state index in [-0.39, 0.29) is 55.4 Å². The SMILES string of the molecule is CC(C)OC[C@H]1O[C@@H](C)C[C@H]1OP(O)(=S)OC[C@H]1O[C@@H](C)C[C@H]1OC(C)C. The lowest BCUT2D eigenvalue weighted by Gasteiger charge is -2.26. The van der Waals surface area contributed by atoms with Crippen molar-refractivity contribution in [1.82, 2.24) is 0 Å². The van der Waals surface area contributed by atoms with Crippen molar-refractivity contribution in [3.63, 3.8) is 0 Å². The second-order valence-electron chi connectivity index (χ2n) is 7.96. The summed E-state index contributed by atoms with van der Waals surface area (Å²) >= 11 is 5.23. The highest BCUT2D eigenvalue weighted by Gasteiger charge is 2.40. The van der Waals surface area contributed by atoms with E-state index in [1.807, 2.05) is 41.5 Å². The average Bonchev–Trinajstić information content (AvgIpc) is 3.04. The molecule has 2 heterocycles. The van der Waals surface area contributed by atoms with Gasteiger partial charge in [-0.1, -0.05) is 0 Å². The predicted octanol–water partition coefficient (Wildman–Crippen LogP) is 3.18. The first-order chi connectivity index (χ1) is 12.6. The van der Waals surface area contributed by atoms with Crippen molar-refractivity contribution in [3.8, 4) is 0 Å². The number of hydrogen-bond donors (Lipinski definition) is 1. The lowest BCUT2D eigenvalue weighted by atomic mass is 10.1. The third-order valence-corrected chi connectivity index (χ3v) is 6.07. The Balaban J connectivity index is 1.87. The van der Waals surface area contributed by atoms with E-state index in [9.17, 15) is 4.89 Å². The zero-order chi connectivity index (χ0) is 20.2. The van der Waals surface area contributed by atoms with Crippen LogP contribution in [0.3, 0.4) is 0 Å². The summed E-state index contributed by atoms with van der Waals surface area (Å²) in [4.78, 5) is 10.5. The predicted molar refractivity (Wildman–Crippen MR) is 106 cm³/mol. The van der Waals surface area contributed by atoms with Crippen LogP contribution in [0.5, 0.6) is 0 Å². The molecule has 0 bridgehead atoms. The van der Waals surface area contributed by atoms with Crippen LogP contribution in [-0.2, 0) is 39.8 Å². The van der Waals surface area contributed by atoms with Crippen molar-refractivity contribution in [2.24, 2.45) is 0 Å². The molecular formula is C18H35O7PS. The lowest BCUT2D eigenvalue weighted by molar-refractivity contribution is -0.0663. The van der Waals surface area contributed by atoms with Crippen LogP contribution >= 0.6 is 6.72 Å². The maximum atomic E-state index is 10.5. The third kappa shape index (κ3) is 7.96. The molecule has 9 heteroatoms. The van der Waals surface area contributed by atoms with E-state index in [0.29, 0.717) is 13.0 Å². The zero-order valence-electron chi connectivity index (χ0n) is 17.2. The van der Waals surface area contributed by atoms with Crippen LogP contribution in [0.25, 0.3) is 0 Å². The van der Waals surface area contributed by atoms with Crippen LogP contribution < -0.4 is 0 Å². The Kier molecular flexibility index (Phi) is 9.12. The Morgan fingerprint density at radius 1 is 0.963 bits per heavy atom. The number of rotatable bonds is 10. The molecular weight excluding hydrogens is 391 g/mol. The van der Waals surface area contributed by atoms with E-state index in [1.165, 1.54) is 0 Å². The van der Waals surface area contributed by atoms with Gasteiger partial charge in [0.1, 0.15) is 12.2 Å². The highest BCUT2D eigenvalue weighted by Crippen LogP contribution is 2.48. The van der Waals surface area contributed by atoms with Crippen LogP contribution in [0.4, 0.5) is 0 Å². The Bertz CT molecular complexity index is 504. The second-order valence-corrected chi connectivity index (χ2v) is 10.7. The summed E-state index contributed by atoms with van der Waals surface area (Å²) in [7, 11) is 0. The van der Waals surface area contributed by atoms with Crippen molar-refractivity contribution >= 4 is 18.5 Å². The molecule has 7 atom stereocenters. The molecule has 0 radical (unpaired) electrons. The lowest BCUT2D eigenvalue weighted by Crippen LogP contribution is -2.32. The first-order valence-corrected chi connectivity index (χ1v) is 12.4. The molecule has 1 unspecified atom stereocenters. The largest absolute Gasteiger partial charge is 0.376 e. The normalized spacial score (nSPS) is 36.6. The number of ether oxygens (including phenoxy) is 4. The van der Waals surface area contributed by atoms with Crippen LogP contribution in [0.2, 0.25) is 0 Å². The Hall–Kier alpha value is 0.370. The van der Waals surface area contributed by atoms with E-state index in [4.69, 9.17) is 39.8 Å². The molecule has 2 aliphatic rings. The van der Waals surface area contributed by atoms with Crippen LogP contribution in [0.15, 0.2) is 0 Å². The minimum Gasteiger partial charge on any atom is -0.376 e. The molecule has 0 aromatic heterocycles. The van der Waals surface area contributed by atoms with Gasteiger partial charge in [0.05, 0.1) is 49.8 Å². The molecule has 0 saturated carbocycles. The van der Waals surface area contributed by atoms with Crippen LogP contribution in [-0.4, -0.2) is 66.9 Å². The molecule has 0 aromatic carbocycles. The van der Waals surface area contributed by atoms with Gasteiger partial charge in [0.15, 0.2) is 0 Å². The van der Waals surface area contributed by atoms with Gasteiger partial charge in [0.25, 0.3) is 0 Å². The summed E-state index contributed by atoms with van der Waals surface area (Å²) in [6.45, 7) is 8.99. The average molecular weight is 427 g/mol. The Labute approximate surface area is 168 Å². The maximum absolute atomic E-state index is 10.5. The summed E-state index contributed by atoms with van der Waals surface area (Å²) in [5, 5.41) is 0. The van der Waals surface area contributed by atoms with Gasteiger partial charge < -0.3 is 32.9 Å². The van der Waals surface area contributed by atoms with Gasteiger partial charge in [-0.15, -0.1) is 0 Å². The van der Waals surface area contributed by atoms with Gasteiger partial charge in [-0.2, -0.15) is 0 Å². The molecule has 0 aliphatic carbocycles. The zero-order valence-corrected chi connectivity index (χ0v) is 18.9.